The molecule has 0 saturated heterocycles. The van der Waals surface area contributed by atoms with Gasteiger partial charge in [0.05, 0.1) is 14.2 Å². The minimum absolute atomic E-state index is 0. The van der Waals surface area contributed by atoms with Crippen LogP contribution in [0, 0.1) is 0 Å². The van der Waals surface area contributed by atoms with Gasteiger partial charge in [-0.25, -0.2) is 19.9 Å². The van der Waals surface area contributed by atoms with E-state index in [-0.39, 0.29) is 20.1 Å². The van der Waals surface area contributed by atoms with E-state index >= 15 is 0 Å². The second kappa shape index (κ2) is 18.6. The van der Waals surface area contributed by atoms with E-state index in [4.69, 9.17) is 36.1 Å². The molecule has 49 heavy (non-hydrogen) atoms. The van der Waals surface area contributed by atoms with Crippen molar-refractivity contribution in [2.45, 2.75) is 14.9 Å². The van der Waals surface area contributed by atoms with Crippen LogP contribution < -0.4 is 14.9 Å². The second-order valence-electron chi connectivity index (χ2n) is 10.0. The number of hydrogen-bond donors (Lipinski definition) is 2. The lowest BCUT2D eigenvalue weighted by Crippen LogP contribution is -2.29. The van der Waals surface area contributed by atoms with E-state index in [0.717, 1.165) is 48.7 Å². The highest BCUT2D eigenvalue weighted by atomic mass is 79.9. The molecule has 0 amide bonds. The van der Waals surface area contributed by atoms with Gasteiger partial charge in [0.15, 0.2) is 5.82 Å². The number of rotatable bonds is 5. The molecule has 0 saturated carbocycles. The van der Waals surface area contributed by atoms with Gasteiger partial charge in [-0.05, 0) is 52.5 Å². The monoisotopic (exact) mass is 738 g/mol. The van der Waals surface area contributed by atoms with Crippen LogP contribution >= 0.6 is 27.5 Å². The molecular weight excluding hydrogens is 703 g/mol. The third-order valence-electron chi connectivity index (χ3n) is 6.91. The van der Waals surface area contributed by atoms with Crippen LogP contribution in [0.15, 0.2) is 132 Å². The van der Waals surface area contributed by atoms with Gasteiger partial charge in [0.25, 0.3) is 0 Å². The van der Waals surface area contributed by atoms with Crippen LogP contribution in [-0.4, -0.2) is 51.3 Å². The van der Waals surface area contributed by atoms with E-state index in [9.17, 15) is 0 Å². The number of halogens is 2. The molecule has 8 nitrogen and oxygen atoms in total. The summed E-state index contributed by atoms with van der Waals surface area (Å²) in [6.07, 6.45) is 3.53. The molecule has 7 aromatic rings. The van der Waals surface area contributed by atoms with Crippen molar-refractivity contribution >= 4 is 61.9 Å². The quantitative estimate of drug-likeness (QED) is 0.133. The zero-order valence-corrected chi connectivity index (χ0v) is 27.8. The highest BCUT2D eigenvalue weighted by molar-refractivity contribution is 9.10. The summed E-state index contributed by atoms with van der Waals surface area (Å²) in [6, 6.07) is 36.7. The molecule has 2 heterocycles. The van der Waals surface area contributed by atoms with Crippen LogP contribution in [0.3, 0.4) is 0 Å². The zero-order chi connectivity index (χ0) is 33.2. The average molecular weight is 740 g/mol. The Morgan fingerprint density at radius 3 is 1.69 bits per heavy atom. The Hall–Kier alpha value is -4.87. The summed E-state index contributed by atoms with van der Waals surface area (Å²) in [6.45, 7) is 0. The predicted molar refractivity (Wildman–Crippen MR) is 205 cm³/mol. The lowest BCUT2D eigenvalue weighted by atomic mass is 9.81. The maximum atomic E-state index is 8.58. The largest absolute Gasteiger partial charge is 0.494 e. The molecular formula is C38H37BBrClN4O4. The molecule has 0 aliphatic carbocycles. The first kappa shape index (κ1) is 38.6. The summed E-state index contributed by atoms with van der Waals surface area (Å²) in [5.74, 6) is 2.14. The van der Waals surface area contributed by atoms with Gasteiger partial charge in [-0.1, -0.05) is 122 Å². The predicted octanol–water partition coefficient (Wildman–Crippen LogP) is 8.67. The first-order valence-electron chi connectivity index (χ1n) is 14.4. The van der Waals surface area contributed by atoms with E-state index in [1.807, 2.05) is 79.0 Å². The lowest BCUT2D eigenvalue weighted by Gasteiger charge is -2.10. The Kier molecular flexibility index (Phi) is 14.7. The van der Waals surface area contributed by atoms with Gasteiger partial charge in [-0.15, -0.1) is 0 Å². The normalized spacial score (nSPS) is 9.92. The van der Waals surface area contributed by atoms with E-state index in [1.165, 1.54) is 0 Å². The van der Waals surface area contributed by atoms with Crippen LogP contribution in [0.25, 0.3) is 44.3 Å². The molecule has 0 aliphatic heterocycles. The lowest BCUT2D eigenvalue weighted by molar-refractivity contribution is 0.418. The summed E-state index contributed by atoms with van der Waals surface area (Å²) >= 11 is 9.07. The Morgan fingerprint density at radius 1 is 0.612 bits per heavy atom. The fourth-order valence-electron chi connectivity index (χ4n) is 4.63. The van der Waals surface area contributed by atoms with Crippen LogP contribution in [0.1, 0.15) is 14.9 Å². The van der Waals surface area contributed by atoms with Crippen molar-refractivity contribution in [3.8, 4) is 34.0 Å². The number of ether oxygens (including phenoxy) is 2. The van der Waals surface area contributed by atoms with Crippen LogP contribution in [0.4, 0.5) is 0 Å². The van der Waals surface area contributed by atoms with E-state index in [1.54, 1.807) is 44.7 Å². The number of fused-ring (bicyclic) bond motifs is 2. The molecule has 0 spiro atoms. The summed E-state index contributed by atoms with van der Waals surface area (Å²) in [5.41, 5.74) is 5.30. The van der Waals surface area contributed by atoms with E-state index in [2.05, 4.69) is 49.1 Å². The summed E-state index contributed by atoms with van der Waals surface area (Å²) in [5, 5.41) is 19.2. The first-order chi connectivity index (χ1) is 22.9. The molecule has 0 bridgehead atoms. The molecule has 250 valence electrons. The molecule has 7 rings (SSSR count). The van der Waals surface area contributed by atoms with Gasteiger partial charge < -0.3 is 19.5 Å². The van der Waals surface area contributed by atoms with Gasteiger partial charge in [-0.3, -0.25) is 0 Å². The molecule has 5 aromatic carbocycles. The van der Waals surface area contributed by atoms with Crippen molar-refractivity contribution in [1.29, 1.82) is 0 Å². The summed E-state index contributed by atoms with van der Waals surface area (Å²) in [7, 11) is 1.93. The van der Waals surface area contributed by atoms with E-state index < -0.39 is 7.12 Å². The fraction of sp³-hybridized carbons (Fsp3) is 0.105. The number of aromatic nitrogens is 4. The standard InChI is InChI=1S/C21H16N2O.C9H6BrClN2O.C6H7BO2.2CH4/c1-24-19-13-17(15-8-4-2-5-9-15)12-18-14-22-21(23-20(18)19)16-10-6-3-7-11-16;1-14-7-3-6(10)2-5-4-12-9(11)13-8(5)7;8-7(9)6-4-2-1-3-5-6;;/h2-14H,1H3;2-4H,1H3;1-5,8-9H;2*1H4. The topological polar surface area (TPSA) is 110 Å². The Labute approximate surface area is 300 Å². The highest BCUT2D eigenvalue weighted by Gasteiger charge is 2.11. The van der Waals surface area contributed by atoms with Crippen molar-refractivity contribution in [3.05, 3.63) is 137 Å². The third kappa shape index (κ3) is 10.1. The van der Waals surface area contributed by atoms with Gasteiger partial charge in [0, 0.05) is 33.2 Å². The number of benzene rings is 5. The highest BCUT2D eigenvalue weighted by Crippen LogP contribution is 2.32. The average Bonchev–Trinajstić information content (AvgIpc) is 3.12. The molecule has 0 fully saturated rings. The SMILES string of the molecule is C.C.COc1cc(-c2ccccc2)cc2cnc(-c3ccccc3)nc12.COc1cc(Br)cc2cnc(Cl)nc12.OB(O)c1ccccc1. The van der Waals surface area contributed by atoms with Crippen LogP contribution in [-0.2, 0) is 0 Å². The van der Waals surface area contributed by atoms with Gasteiger partial charge in [-0.2, -0.15) is 0 Å². The van der Waals surface area contributed by atoms with Crippen molar-refractivity contribution in [2.24, 2.45) is 0 Å². The number of methoxy groups -OCH3 is 2. The van der Waals surface area contributed by atoms with Crippen LogP contribution in [0.5, 0.6) is 11.5 Å². The van der Waals surface area contributed by atoms with Crippen molar-refractivity contribution in [3.63, 3.8) is 0 Å². The summed E-state index contributed by atoms with van der Waals surface area (Å²) < 4.78 is 11.7. The Balaban J connectivity index is 0.000000221. The Bertz CT molecular complexity index is 2080. The molecule has 2 aromatic heterocycles. The number of hydrogen-bond acceptors (Lipinski definition) is 8. The molecule has 2 N–H and O–H groups in total. The second-order valence-corrected chi connectivity index (χ2v) is 11.3. The van der Waals surface area contributed by atoms with Gasteiger partial charge >= 0.3 is 7.12 Å². The van der Waals surface area contributed by atoms with Crippen molar-refractivity contribution in [1.82, 2.24) is 19.9 Å². The van der Waals surface area contributed by atoms with Gasteiger partial charge in [0.2, 0.25) is 5.28 Å². The van der Waals surface area contributed by atoms with Crippen molar-refractivity contribution < 1.29 is 19.5 Å². The molecule has 0 unspecified atom stereocenters. The summed E-state index contributed by atoms with van der Waals surface area (Å²) in [4.78, 5) is 17.2. The maximum Gasteiger partial charge on any atom is 0.488 e. The fourth-order valence-corrected chi connectivity index (χ4v) is 5.22. The zero-order valence-electron chi connectivity index (χ0n) is 25.5. The minimum Gasteiger partial charge on any atom is -0.494 e. The molecule has 0 radical (unpaired) electrons. The third-order valence-corrected chi connectivity index (χ3v) is 7.55. The van der Waals surface area contributed by atoms with Crippen LogP contribution in [0.2, 0.25) is 5.28 Å². The number of nitrogens with zero attached hydrogens (tertiary/aromatic N) is 4. The molecule has 11 heteroatoms. The van der Waals surface area contributed by atoms with Crippen molar-refractivity contribution in [2.75, 3.05) is 14.2 Å². The first-order valence-corrected chi connectivity index (χ1v) is 15.6. The molecule has 0 atom stereocenters. The van der Waals surface area contributed by atoms with Gasteiger partial charge in [0.1, 0.15) is 22.5 Å². The smallest absolute Gasteiger partial charge is 0.488 e. The van der Waals surface area contributed by atoms with E-state index in [0.29, 0.717) is 17.0 Å². The minimum atomic E-state index is -1.34. The Morgan fingerprint density at radius 2 is 1.12 bits per heavy atom. The maximum absolute atomic E-state index is 8.58. The molecule has 0 aliphatic rings.